The fraction of sp³-hybridized carbons (Fsp3) is 0.393. The summed E-state index contributed by atoms with van der Waals surface area (Å²) in [7, 11) is 0. The minimum atomic E-state index is -1.56. The third kappa shape index (κ3) is 16.4. The zero-order chi connectivity index (χ0) is 55.8. The van der Waals surface area contributed by atoms with Gasteiger partial charge in [-0.15, -0.1) is 0 Å². The van der Waals surface area contributed by atoms with E-state index in [0.29, 0.717) is 24.0 Å². The average molecular weight is 1060 g/mol. The topological polar surface area (TPSA) is 355 Å². The monoisotopic (exact) mass is 1060 g/mol. The maximum Gasteiger partial charge on any atom is 0.243 e. The highest BCUT2D eigenvalue weighted by molar-refractivity contribution is 5.98. The van der Waals surface area contributed by atoms with Gasteiger partial charge in [-0.25, -0.2) is 0 Å². The van der Waals surface area contributed by atoms with E-state index in [0.717, 1.165) is 27.2 Å². The maximum absolute atomic E-state index is 14.9. The highest BCUT2D eigenvalue weighted by Crippen LogP contribution is 2.21. The number of phenols is 1. The summed E-state index contributed by atoms with van der Waals surface area (Å²) in [6, 6.07) is 15.7. The van der Waals surface area contributed by atoms with Crippen molar-refractivity contribution in [3.8, 4) is 5.75 Å². The van der Waals surface area contributed by atoms with Crippen molar-refractivity contribution in [3.05, 3.63) is 126 Å². The average Bonchev–Trinajstić information content (AvgIpc) is 3.81. The van der Waals surface area contributed by atoms with Crippen molar-refractivity contribution in [1.29, 1.82) is 0 Å². The second-order valence-corrected chi connectivity index (χ2v) is 19.8. The van der Waals surface area contributed by atoms with E-state index in [4.69, 9.17) is 17.2 Å². The highest BCUT2D eigenvalue weighted by Gasteiger charge is 2.36. The molecule has 21 nitrogen and oxygen atoms in total. The Balaban J connectivity index is 1.41. The van der Waals surface area contributed by atoms with Crippen molar-refractivity contribution in [2.45, 2.75) is 127 Å². The molecule has 2 unspecified atom stereocenters. The van der Waals surface area contributed by atoms with Crippen LogP contribution in [0.2, 0.25) is 0 Å². The number of aliphatic hydroxyl groups is 1. The zero-order valence-electron chi connectivity index (χ0n) is 43.4. The molecule has 21 heteroatoms. The van der Waals surface area contributed by atoms with Gasteiger partial charge in [0.1, 0.15) is 48.0 Å². The lowest BCUT2D eigenvalue weighted by atomic mass is 9.99. The zero-order valence-corrected chi connectivity index (χ0v) is 43.4. The van der Waals surface area contributed by atoms with Crippen LogP contribution >= 0.6 is 0 Å². The number of unbranched alkanes of at least 4 members (excludes halogenated alkanes) is 1. The Kier molecular flexibility index (Phi) is 20.8. The maximum atomic E-state index is 14.9. The SMILES string of the molecule is CC(C)[C@@H]1NC(=O)[C@H](CCCCN)NC(=O)[C@@H](Cc2c[nH]c3ccccc23)NC(=O)C(Cc2ccc(O)cc2)NC(=O)[C@@H](NC(=O)[C@H](N)Cc2ccc3ccccc3c2)C/C=C\C[C@@H](C(=O)N[C@H](C(N)=O)C(C)O)NC1=O. The lowest BCUT2D eigenvalue weighted by Crippen LogP contribution is -2.61. The number of aliphatic hydroxyl groups excluding tert-OH is 1. The summed E-state index contributed by atoms with van der Waals surface area (Å²) in [5, 5.41) is 42.0. The molecule has 0 spiro atoms. The summed E-state index contributed by atoms with van der Waals surface area (Å²) in [5.74, 6) is -7.33. The van der Waals surface area contributed by atoms with Crippen LogP contribution < -0.4 is 54.4 Å². The quantitative estimate of drug-likeness (QED) is 0.0454. The first kappa shape index (κ1) is 58.1. The van der Waals surface area contributed by atoms with Crippen molar-refractivity contribution >= 4 is 68.9 Å². The van der Waals surface area contributed by atoms with Gasteiger partial charge >= 0.3 is 0 Å². The summed E-state index contributed by atoms with van der Waals surface area (Å²) >= 11 is 0. The molecule has 4 aromatic carbocycles. The molecule has 5 aromatic rings. The second-order valence-electron chi connectivity index (χ2n) is 19.8. The van der Waals surface area contributed by atoms with Gasteiger partial charge in [0.2, 0.25) is 47.3 Å². The number of rotatable bonds is 17. The largest absolute Gasteiger partial charge is 0.508 e. The molecule has 1 aromatic heterocycles. The molecule has 0 bridgehead atoms. The molecular formula is C56H71N11O10. The first-order valence-corrected chi connectivity index (χ1v) is 25.8. The number of benzene rings is 4. The number of carbonyl (C=O) groups is 8. The number of carbonyl (C=O) groups excluding carboxylic acids is 8. The molecule has 0 radical (unpaired) electrons. The first-order valence-electron chi connectivity index (χ1n) is 25.8. The van der Waals surface area contributed by atoms with Crippen molar-refractivity contribution in [2.24, 2.45) is 23.1 Å². The normalized spacial score (nSPS) is 21.8. The molecule has 410 valence electrons. The highest BCUT2D eigenvalue weighted by atomic mass is 16.3. The van der Waals surface area contributed by atoms with E-state index >= 15 is 0 Å². The van der Waals surface area contributed by atoms with E-state index in [1.807, 2.05) is 66.7 Å². The summed E-state index contributed by atoms with van der Waals surface area (Å²) in [5.41, 5.74) is 20.5. The molecule has 0 aliphatic carbocycles. The van der Waals surface area contributed by atoms with Crippen LogP contribution in [0.4, 0.5) is 0 Å². The van der Waals surface area contributed by atoms with Gasteiger partial charge in [-0.3, -0.25) is 38.4 Å². The summed E-state index contributed by atoms with van der Waals surface area (Å²) < 4.78 is 0. The molecule has 2 heterocycles. The van der Waals surface area contributed by atoms with Gasteiger partial charge in [-0.05, 0) is 104 Å². The first-order chi connectivity index (χ1) is 36.8. The number of primary amides is 1. The molecule has 0 saturated heterocycles. The number of aromatic amines is 1. The Bertz CT molecular complexity index is 2920. The van der Waals surface area contributed by atoms with Crippen LogP contribution in [0.3, 0.4) is 0 Å². The summed E-state index contributed by atoms with van der Waals surface area (Å²) in [4.78, 5) is 116. The Morgan fingerprint density at radius 2 is 1.32 bits per heavy atom. The molecule has 1 aliphatic rings. The Morgan fingerprint density at radius 1 is 0.701 bits per heavy atom. The van der Waals surface area contributed by atoms with Gasteiger partial charge in [-0.2, -0.15) is 0 Å². The molecule has 6 rings (SSSR count). The second kappa shape index (κ2) is 27.6. The van der Waals surface area contributed by atoms with Gasteiger partial charge in [0, 0.05) is 29.9 Å². The predicted molar refractivity (Wildman–Crippen MR) is 290 cm³/mol. The van der Waals surface area contributed by atoms with Crippen LogP contribution in [-0.2, 0) is 57.6 Å². The smallest absolute Gasteiger partial charge is 0.243 e. The van der Waals surface area contributed by atoms with Gasteiger partial charge in [-0.1, -0.05) is 98.8 Å². The fourth-order valence-corrected chi connectivity index (χ4v) is 9.04. The molecule has 1 aliphatic heterocycles. The molecule has 16 N–H and O–H groups in total. The number of nitrogens with one attached hydrogen (secondary N) is 8. The number of phenolic OH excluding ortho intramolecular Hbond substituents is 1. The Hall–Kier alpha value is -8.14. The minimum absolute atomic E-state index is 0.0526. The standard InChI is InChI=1S/C56H71N11O10/c1-31(2)47-56(77)63-44(53(74)67-48(32(3)68)49(59)70)17-9-8-16-42(61-50(71)40(58)27-34-19-22-35-12-4-5-13-36(35)26-34)51(72)64-45(28-33-20-23-38(69)24-21-33)54(75)65-46(29-37-30-60-41-15-7-6-14-39(37)41)55(76)62-43(52(73)66-47)18-10-11-25-57/h4-9,12-15,19-24,26,30-32,40,42-48,60,68-69H,10-11,16-18,25,27-29,57-58H2,1-3H3,(H2,59,70)(H,61,71)(H,62,76)(H,63,77)(H,64,72)(H,65,75)(H,66,73)(H,67,74)/b9-8-/t32?,40-,42+,43+,44+,45?,46-,47+,48+/m1/s1. The lowest BCUT2D eigenvalue weighted by molar-refractivity contribution is -0.136. The van der Waals surface area contributed by atoms with Crippen LogP contribution in [0.1, 0.15) is 69.6 Å². The van der Waals surface area contributed by atoms with Crippen molar-refractivity contribution in [1.82, 2.24) is 42.2 Å². The van der Waals surface area contributed by atoms with Crippen LogP contribution in [0.5, 0.6) is 5.75 Å². The number of amides is 8. The summed E-state index contributed by atoms with van der Waals surface area (Å²) in [6.07, 6.45) is 3.40. The molecule has 9 atom stereocenters. The van der Waals surface area contributed by atoms with E-state index < -0.39 is 108 Å². The van der Waals surface area contributed by atoms with Crippen LogP contribution in [0.15, 0.2) is 109 Å². The predicted octanol–water partition coefficient (Wildman–Crippen LogP) is 0.777. The van der Waals surface area contributed by atoms with Crippen molar-refractivity contribution < 1.29 is 48.6 Å². The summed E-state index contributed by atoms with van der Waals surface area (Å²) in [6.45, 7) is 4.83. The minimum Gasteiger partial charge on any atom is -0.508 e. The van der Waals surface area contributed by atoms with Gasteiger partial charge in [0.25, 0.3) is 0 Å². The molecule has 0 saturated carbocycles. The van der Waals surface area contributed by atoms with Gasteiger partial charge in [0.15, 0.2) is 0 Å². The van der Waals surface area contributed by atoms with Gasteiger partial charge in [0.05, 0.1) is 12.1 Å². The molecule has 8 amide bonds. The molecule has 77 heavy (non-hydrogen) atoms. The fourth-order valence-electron chi connectivity index (χ4n) is 9.04. The number of H-pyrrole nitrogens is 1. The van der Waals surface area contributed by atoms with E-state index in [9.17, 15) is 48.6 Å². The van der Waals surface area contributed by atoms with Crippen LogP contribution in [-0.4, -0.2) is 123 Å². The number of para-hydroxylation sites is 1. The lowest BCUT2D eigenvalue weighted by Gasteiger charge is -2.29. The van der Waals surface area contributed by atoms with E-state index in [-0.39, 0.29) is 50.8 Å². The number of fused-ring (bicyclic) bond motifs is 2. The number of hydrogen-bond acceptors (Lipinski definition) is 12. The van der Waals surface area contributed by atoms with Crippen molar-refractivity contribution in [2.75, 3.05) is 6.54 Å². The molecule has 0 fully saturated rings. The number of nitrogens with two attached hydrogens (primary N) is 3. The van der Waals surface area contributed by atoms with Gasteiger partial charge < -0.3 is 69.6 Å². The Morgan fingerprint density at radius 3 is 2.01 bits per heavy atom. The van der Waals surface area contributed by atoms with E-state index in [1.165, 1.54) is 31.2 Å². The third-order valence-corrected chi connectivity index (χ3v) is 13.4. The van der Waals surface area contributed by atoms with E-state index in [2.05, 4.69) is 42.2 Å². The molecular weight excluding hydrogens is 987 g/mol. The Labute approximate surface area is 446 Å². The number of aromatic nitrogens is 1. The van der Waals surface area contributed by atoms with Crippen molar-refractivity contribution in [3.63, 3.8) is 0 Å². The number of hydrogen-bond donors (Lipinski definition) is 13. The van der Waals surface area contributed by atoms with Crippen LogP contribution in [0.25, 0.3) is 21.7 Å². The van der Waals surface area contributed by atoms with Crippen LogP contribution in [0, 0.1) is 5.92 Å². The third-order valence-electron chi connectivity index (χ3n) is 13.4. The number of aromatic hydroxyl groups is 1. The van der Waals surface area contributed by atoms with E-state index in [1.54, 1.807) is 32.2 Å².